The summed E-state index contributed by atoms with van der Waals surface area (Å²) in [7, 11) is 0. The third-order valence-corrected chi connectivity index (χ3v) is 5.66. The molecule has 1 saturated carbocycles. The molecule has 15 heteroatoms. The number of halogens is 3. The Morgan fingerprint density at radius 1 is 1.11 bits per heavy atom. The van der Waals surface area contributed by atoms with Gasteiger partial charge in [-0.3, -0.25) is 9.67 Å². The van der Waals surface area contributed by atoms with Crippen molar-refractivity contribution in [2.75, 3.05) is 0 Å². The van der Waals surface area contributed by atoms with Crippen molar-refractivity contribution in [3.8, 4) is 28.7 Å². The third kappa shape index (κ3) is 4.87. The molecule has 1 aliphatic rings. The summed E-state index contributed by atoms with van der Waals surface area (Å²) >= 11 is 0. The predicted octanol–water partition coefficient (Wildman–Crippen LogP) is 3.36. The molecule has 0 bridgehead atoms. The first kappa shape index (κ1) is 22.8. The molecular formula is C22H17F3N10O2. The van der Waals surface area contributed by atoms with Gasteiger partial charge in [-0.2, -0.15) is 23.3 Å². The molecule has 1 aliphatic carbocycles. The van der Waals surface area contributed by atoms with Gasteiger partial charge >= 0.3 is 6.18 Å². The summed E-state index contributed by atoms with van der Waals surface area (Å²) in [5, 5.41) is 19.6. The summed E-state index contributed by atoms with van der Waals surface area (Å²) < 4.78 is 53.1. The van der Waals surface area contributed by atoms with Gasteiger partial charge in [0.25, 0.3) is 5.89 Å². The van der Waals surface area contributed by atoms with Crippen molar-refractivity contribution < 1.29 is 22.4 Å². The van der Waals surface area contributed by atoms with Gasteiger partial charge in [0.2, 0.25) is 11.7 Å². The Balaban J connectivity index is 1.24. The molecule has 0 amide bonds. The largest absolute Gasteiger partial charge is 0.471 e. The average molecular weight is 510 g/mol. The van der Waals surface area contributed by atoms with E-state index in [1.165, 1.54) is 12.4 Å². The quantitative estimate of drug-likeness (QED) is 0.306. The van der Waals surface area contributed by atoms with Crippen LogP contribution >= 0.6 is 0 Å². The zero-order valence-corrected chi connectivity index (χ0v) is 18.9. The fraction of sp³-hybridized carbons (Fsp3) is 0.273. The molecular weight excluding hydrogens is 493 g/mol. The summed E-state index contributed by atoms with van der Waals surface area (Å²) in [6, 6.07) is 4.17. The number of ether oxygens (including phenoxy) is 1. The second-order valence-electron chi connectivity index (χ2n) is 8.36. The number of tetrazole rings is 1. The lowest BCUT2D eigenvalue weighted by atomic mass is 10.2. The summed E-state index contributed by atoms with van der Waals surface area (Å²) in [6.07, 6.45) is 4.61. The molecule has 12 nitrogen and oxygen atoms in total. The van der Waals surface area contributed by atoms with Crippen LogP contribution in [0, 0.1) is 0 Å². The van der Waals surface area contributed by atoms with Gasteiger partial charge in [-0.15, -0.1) is 5.10 Å². The zero-order chi connectivity index (χ0) is 25.4. The molecule has 0 radical (unpaired) electrons. The van der Waals surface area contributed by atoms with Gasteiger partial charge in [-0.05, 0) is 41.0 Å². The Hall–Kier alpha value is -4.69. The van der Waals surface area contributed by atoms with E-state index in [0.717, 1.165) is 30.7 Å². The van der Waals surface area contributed by atoms with Crippen molar-refractivity contribution in [2.24, 2.45) is 0 Å². The monoisotopic (exact) mass is 510 g/mol. The fourth-order valence-corrected chi connectivity index (χ4v) is 3.71. The van der Waals surface area contributed by atoms with E-state index in [4.69, 9.17) is 9.26 Å². The summed E-state index contributed by atoms with van der Waals surface area (Å²) in [4.78, 5) is 12.5. The highest BCUT2D eigenvalue weighted by atomic mass is 19.4. The van der Waals surface area contributed by atoms with Gasteiger partial charge in [0, 0.05) is 30.2 Å². The number of nitrogens with zero attached hydrogens (tertiary/aromatic N) is 10. The highest BCUT2D eigenvalue weighted by Gasteiger charge is 2.32. The van der Waals surface area contributed by atoms with Crippen LogP contribution < -0.4 is 4.74 Å². The molecule has 0 unspecified atom stereocenters. The van der Waals surface area contributed by atoms with Crippen molar-refractivity contribution in [1.82, 2.24) is 50.1 Å². The van der Waals surface area contributed by atoms with Gasteiger partial charge in [0.05, 0.1) is 35.6 Å². The molecule has 1 fully saturated rings. The lowest BCUT2D eigenvalue weighted by molar-refractivity contribution is -0.137. The molecule has 0 aliphatic heterocycles. The molecule has 0 aromatic carbocycles. The molecule has 5 heterocycles. The van der Waals surface area contributed by atoms with Crippen LogP contribution in [0.1, 0.15) is 35.7 Å². The number of hydrogen-bond donors (Lipinski definition) is 0. The van der Waals surface area contributed by atoms with Gasteiger partial charge in [0.1, 0.15) is 12.9 Å². The minimum atomic E-state index is -4.47. The first-order valence-electron chi connectivity index (χ1n) is 11.2. The average Bonchev–Trinajstić information content (AvgIpc) is 3.25. The van der Waals surface area contributed by atoms with Crippen LogP contribution in [0.4, 0.5) is 13.2 Å². The van der Waals surface area contributed by atoms with Crippen molar-refractivity contribution in [1.29, 1.82) is 0 Å². The molecule has 5 aromatic rings. The SMILES string of the molecule is FC(F)(F)c1ccc(OCc2c(-c3nc(-c4cncc(Cn5cnnn5)c4)no3)cnn2C2CC2)nc1. The first-order chi connectivity index (χ1) is 17.9. The standard InChI is InChI=1S/C22H17F3N10O2/c23-22(24,25)15-1-4-19(27-8-15)36-11-18-17(9-29-35(18)16-2-3-16)21-30-20(31-37-21)14-5-13(6-26-7-14)10-34-12-28-32-33-34/h1,4-9,12,16H,2-3,10-11H2. The van der Waals surface area contributed by atoms with Gasteiger partial charge in [0.15, 0.2) is 0 Å². The Morgan fingerprint density at radius 2 is 2.00 bits per heavy atom. The van der Waals surface area contributed by atoms with Crippen molar-refractivity contribution in [3.63, 3.8) is 0 Å². The maximum absolute atomic E-state index is 12.8. The number of aromatic nitrogens is 10. The van der Waals surface area contributed by atoms with Crippen LogP contribution in [0.5, 0.6) is 5.88 Å². The molecule has 37 heavy (non-hydrogen) atoms. The zero-order valence-electron chi connectivity index (χ0n) is 18.9. The van der Waals surface area contributed by atoms with Crippen LogP contribution in [0.2, 0.25) is 0 Å². The van der Waals surface area contributed by atoms with Gasteiger partial charge in [-0.25, -0.2) is 9.67 Å². The summed E-state index contributed by atoms with van der Waals surface area (Å²) in [5.74, 6) is 0.613. The van der Waals surface area contributed by atoms with E-state index in [2.05, 4.69) is 40.7 Å². The van der Waals surface area contributed by atoms with E-state index in [-0.39, 0.29) is 24.4 Å². The Bertz CT molecular complexity index is 1510. The molecule has 0 atom stereocenters. The number of alkyl halides is 3. The number of pyridine rings is 2. The van der Waals surface area contributed by atoms with E-state index in [1.807, 2.05) is 10.7 Å². The fourth-order valence-electron chi connectivity index (χ4n) is 3.71. The summed E-state index contributed by atoms with van der Waals surface area (Å²) in [6.45, 7) is 0.428. The number of hydrogen-bond acceptors (Lipinski definition) is 10. The van der Waals surface area contributed by atoms with Crippen LogP contribution in [0.15, 0.2) is 53.8 Å². The molecule has 0 spiro atoms. The van der Waals surface area contributed by atoms with E-state index in [0.29, 0.717) is 29.2 Å². The summed E-state index contributed by atoms with van der Waals surface area (Å²) in [5.41, 5.74) is 1.86. The van der Waals surface area contributed by atoms with Crippen molar-refractivity contribution >= 4 is 0 Å². The maximum Gasteiger partial charge on any atom is 0.417 e. The second-order valence-corrected chi connectivity index (χ2v) is 8.36. The molecule has 6 rings (SSSR count). The van der Waals surface area contributed by atoms with E-state index in [1.54, 1.807) is 23.3 Å². The first-order valence-corrected chi connectivity index (χ1v) is 11.2. The molecule has 0 N–H and O–H groups in total. The second kappa shape index (κ2) is 9.07. The van der Waals surface area contributed by atoms with E-state index in [9.17, 15) is 13.2 Å². The minimum absolute atomic E-state index is 0.00485. The predicted molar refractivity (Wildman–Crippen MR) is 118 cm³/mol. The van der Waals surface area contributed by atoms with Gasteiger partial charge in [-0.1, -0.05) is 5.16 Å². The Labute approximate surface area is 206 Å². The highest BCUT2D eigenvalue weighted by molar-refractivity contribution is 5.61. The Kier molecular flexibility index (Phi) is 5.58. The molecule has 0 saturated heterocycles. The van der Waals surface area contributed by atoms with Crippen molar-refractivity contribution in [2.45, 2.75) is 38.2 Å². The number of rotatable bonds is 8. The van der Waals surface area contributed by atoms with Crippen LogP contribution in [-0.2, 0) is 19.3 Å². The van der Waals surface area contributed by atoms with Crippen LogP contribution in [0.25, 0.3) is 22.8 Å². The maximum atomic E-state index is 12.8. The van der Waals surface area contributed by atoms with E-state index < -0.39 is 11.7 Å². The van der Waals surface area contributed by atoms with Gasteiger partial charge < -0.3 is 9.26 Å². The molecule has 188 valence electrons. The minimum Gasteiger partial charge on any atom is -0.471 e. The topological polar surface area (TPSA) is 135 Å². The van der Waals surface area contributed by atoms with Crippen LogP contribution in [-0.4, -0.2) is 50.1 Å². The lowest BCUT2D eigenvalue weighted by Crippen LogP contribution is -2.09. The highest BCUT2D eigenvalue weighted by Crippen LogP contribution is 2.38. The van der Waals surface area contributed by atoms with E-state index >= 15 is 0 Å². The lowest BCUT2D eigenvalue weighted by Gasteiger charge is -2.10. The van der Waals surface area contributed by atoms with Crippen molar-refractivity contribution in [3.05, 3.63) is 66.1 Å². The Morgan fingerprint density at radius 3 is 2.73 bits per heavy atom. The third-order valence-electron chi connectivity index (χ3n) is 5.66. The normalized spacial score (nSPS) is 13.7. The van der Waals surface area contributed by atoms with Crippen LogP contribution in [0.3, 0.4) is 0 Å². The molecule has 5 aromatic heterocycles. The smallest absolute Gasteiger partial charge is 0.417 e.